The molecule has 5 rings (SSSR count). The highest BCUT2D eigenvalue weighted by molar-refractivity contribution is 7.14. The van der Waals surface area contributed by atoms with Gasteiger partial charge in [0.15, 0.2) is 5.82 Å². The number of likely N-dealkylation sites (N-methyl/N-ethyl adjacent to an activating group) is 2. The number of carbonyl (C=O) groups excluding carboxylic acids is 1. The average molecular weight is 544 g/mol. The minimum absolute atomic E-state index is 0.280. The van der Waals surface area contributed by atoms with Crippen molar-refractivity contribution in [1.29, 1.82) is 0 Å². The fourth-order valence-electron chi connectivity index (χ4n) is 4.39. The smallest absolute Gasteiger partial charge is 0.274 e. The predicted molar refractivity (Wildman–Crippen MR) is 155 cm³/mol. The van der Waals surface area contributed by atoms with Crippen molar-refractivity contribution in [2.45, 2.75) is 19.3 Å². The van der Waals surface area contributed by atoms with Crippen LogP contribution in [0.15, 0.2) is 60.7 Å². The number of hydrogen-bond donors (Lipinski definition) is 1. The molecule has 9 nitrogen and oxygen atoms in total. The molecular weight excluding hydrogens is 510 g/mol. The molecule has 2 aromatic heterocycles. The van der Waals surface area contributed by atoms with E-state index in [0.29, 0.717) is 23.8 Å². The second kappa shape index (κ2) is 12.4. The summed E-state index contributed by atoms with van der Waals surface area (Å²) in [5.41, 5.74) is 2.65. The maximum atomic E-state index is 13.6. The summed E-state index contributed by atoms with van der Waals surface area (Å²) in [6, 6.07) is 19.2. The molecule has 1 saturated heterocycles. The molecule has 1 N–H and O–H groups in total. The molecule has 39 heavy (non-hydrogen) atoms. The Balaban J connectivity index is 1.45. The highest BCUT2D eigenvalue weighted by Gasteiger charge is 2.23. The molecule has 0 spiro atoms. The lowest BCUT2D eigenvalue weighted by Gasteiger charge is -2.24. The van der Waals surface area contributed by atoms with Crippen molar-refractivity contribution in [3.8, 4) is 22.0 Å². The maximum Gasteiger partial charge on any atom is 0.274 e. The Morgan fingerprint density at radius 1 is 1.05 bits per heavy atom. The lowest BCUT2D eigenvalue weighted by Crippen LogP contribution is -2.32. The standard InChI is InChI=1S/C29H33N7O2S/c1-4-36(16-15-35(2)3)25-18-24(30-26(32-25)20-10-6-5-7-11-20)27(37)31-23-13-9-8-12-22(23)29-34-33-28(39-29)21-14-17-38-19-21/h5-13,18,21H,4,14-17,19H2,1-3H3,(H,31,37). The number of nitrogens with zero attached hydrogens (tertiary/aromatic N) is 6. The molecule has 3 heterocycles. The summed E-state index contributed by atoms with van der Waals surface area (Å²) in [7, 11) is 4.09. The van der Waals surface area contributed by atoms with E-state index in [1.54, 1.807) is 17.4 Å². The quantitative estimate of drug-likeness (QED) is 0.305. The van der Waals surface area contributed by atoms with E-state index in [0.717, 1.165) is 59.6 Å². The molecule has 10 heteroatoms. The lowest BCUT2D eigenvalue weighted by atomic mass is 10.1. The van der Waals surface area contributed by atoms with E-state index in [1.807, 2.05) is 68.7 Å². The van der Waals surface area contributed by atoms with Crippen molar-refractivity contribution < 1.29 is 9.53 Å². The Hall–Kier alpha value is -3.73. The topological polar surface area (TPSA) is 96.4 Å². The number of carbonyl (C=O) groups is 1. The second-order valence-corrected chi connectivity index (χ2v) is 10.7. The first kappa shape index (κ1) is 26.9. The largest absolute Gasteiger partial charge is 0.381 e. The molecule has 1 aliphatic heterocycles. The van der Waals surface area contributed by atoms with Crippen molar-refractivity contribution in [1.82, 2.24) is 25.1 Å². The van der Waals surface area contributed by atoms with Gasteiger partial charge >= 0.3 is 0 Å². The van der Waals surface area contributed by atoms with Crippen molar-refractivity contribution in [2.24, 2.45) is 0 Å². The molecule has 4 aromatic rings. The number of nitrogens with one attached hydrogen (secondary N) is 1. The summed E-state index contributed by atoms with van der Waals surface area (Å²) in [5, 5.41) is 13.7. The molecule has 0 aliphatic carbocycles. The SMILES string of the molecule is CCN(CCN(C)C)c1cc(C(=O)Nc2ccccc2-c2nnc(C3CCOC3)s2)nc(-c2ccccc2)n1. The van der Waals surface area contributed by atoms with Gasteiger partial charge in [0, 0.05) is 49.4 Å². The number of benzene rings is 2. The van der Waals surface area contributed by atoms with E-state index in [4.69, 9.17) is 9.72 Å². The van der Waals surface area contributed by atoms with E-state index in [1.165, 1.54) is 0 Å². The second-order valence-electron chi connectivity index (χ2n) is 9.69. The Labute approximate surface area is 232 Å². The number of aromatic nitrogens is 4. The number of anilines is 2. The lowest BCUT2D eigenvalue weighted by molar-refractivity contribution is 0.102. The van der Waals surface area contributed by atoms with Gasteiger partial charge in [-0.3, -0.25) is 4.79 Å². The number of rotatable bonds is 10. The molecule has 0 saturated carbocycles. The zero-order valence-corrected chi connectivity index (χ0v) is 23.3. The van der Waals surface area contributed by atoms with Crippen LogP contribution in [-0.4, -0.2) is 77.9 Å². The molecule has 0 radical (unpaired) electrons. The van der Waals surface area contributed by atoms with Gasteiger partial charge in [0.1, 0.15) is 21.5 Å². The first-order chi connectivity index (χ1) is 19.0. The van der Waals surface area contributed by atoms with Crippen LogP contribution < -0.4 is 10.2 Å². The van der Waals surface area contributed by atoms with E-state index in [9.17, 15) is 4.79 Å². The maximum absolute atomic E-state index is 13.6. The zero-order valence-electron chi connectivity index (χ0n) is 22.5. The van der Waals surface area contributed by atoms with Crippen LogP contribution in [0.1, 0.15) is 34.8 Å². The average Bonchev–Trinajstić information content (AvgIpc) is 3.67. The third-order valence-corrected chi connectivity index (χ3v) is 7.74. The minimum atomic E-state index is -0.305. The normalized spacial score (nSPS) is 15.0. The Morgan fingerprint density at radius 3 is 2.59 bits per heavy atom. The van der Waals surface area contributed by atoms with Crippen LogP contribution in [-0.2, 0) is 4.74 Å². The highest BCUT2D eigenvalue weighted by Crippen LogP contribution is 2.35. The Morgan fingerprint density at radius 2 is 1.85 bits per heavy atom. The molecule has 202 valence electrons. The molecule has 0 bridgehead atoms. The Bertz CT molecular complexity index is 1400. The van der Waals surface area contributed by atoms with Crippen LogP contribution in [0.2, 0.25) is 0 Å². The molecule has 1 atom stereocenters. The van der Waals surface area contributed by atoms with Crippen LogP contribution in [0.25, 0.3) is 22.0 Å². The number of hydrogen-bond acceptors (Lipinski definition) is 9. The molecule has 2 aromatic carbocycles. The van der Waals surface area contributed by atoms with Crippen molar-refractivity contribution >= 4 is 28.7 Å². The first-order valence-electron chi connectivity index (χ1n) is 13.2. The van der Waals surface area contributed by atoms with Gasteiger partial charge in [-0.05, 0) is 39.6 Å². The van der Waals surface area contributed by atoms with E-state index >= 15 is 0 Å². The van der Waals surface area contributed by atoms with Crippen LogP contribution in [0.5, 0.6) is 0 Å². The molecular formula is C29H33N7O2S. The highest BCUT2D eigenvalue weighted by atomic mass is 32.1. The fraction of sp³-hybridized carbons (Fsp3) is 0.345. The van der Waals surface area contributed by atoms with Gasteiger partial charge in [-0.1, -0.05) is 53.8 Å². The van der Waals surface area contributed by atoms with Gasteiger partial charge < -0.3 is 19.9 Å². The van der Waals surface area contributed by atoms with Crippen molar-refractivity contribution in [3.63, 3.8) is 0 Å². The number of amides is 1. The van der Waals surface area contributed by atoms with Gasteiger partial charge in [-0.2, -0.15) is 0 Å². The zero-order chi connectivity index (χ0) is 27.2. The van der Waals surface area contributed by atoms with Crippen LogP contribution in [0, 0.1) is 0 Å². The van der Waals surface area contributed by atoms with E-state index < -0.39 is 0 Å². The third-order valence-electron chi connectivity index (χ3n) is 6.63. The van der Waals surface area contributed by atoms with E-state index in [-0.39, 0.29) is 11.8 Å². The summed E-state index contributed by atoms with van der Waals surface area (Å²) >= 11 is 1.55. The number of para-hydroxylation sites is 1. The van der Waals surface area contributed by atoms with Crippen LogP contribution >= 0.6 is 11.3 Å². The first-order valence-corrected chi connectivity index (χ1v) is 14.0. The Kier molecular flexibility index (Phi) is 8.55. The molecule has 1 aliphatic rings. The monoisotopic (exact) mass is 543 g/mol. The van der Waals surface area contributed by atoms with Crippen LogP contribution in [0.3, 0.4) is 0 Å². The van der Waals surface area contributed by atoms with Gasteiger partial charge in [0.25, 0.3) is 5.91 Å². The van der Waals surface area contributed by atoms with Gasteiger partial charge in [0.2, 0.25) is 0 Å². The summed E-state index contributed by atoms with van der Waals surface area (Å²) in [5.74, 6) is 1.21. The van der Waals surface area contributed by atoms with Crippen LogP contribution in [0.4, 0.5) is 11.5 Å². The van der Waals surface area contributed by atoms with E-state index in [2.05, 4.69) is 37.2 Å². The third kappa shape index (κ3) is 6.47. The van der Waals surface area contributed by atoms with Gasteiger partial charge in [-0.15, -0.1) is 10.2 Å². The summed E-state index contributed by atoms with van der Waals surface area (Å²) in [6.45, 7) is 5.92. The molecule has 1 amide bonds. The predicted octanol–water partition coefficient (Wildman–Crippen LogP) is 4.81. The van der Waals surface area contributed by atoms with Gasteiger partial charge in [-0.25, -0.2) is 9.97 Å². The summed E-state index contributed by atoms with van der Waals surface area (Å²) < 4.78 is 5.52. The minimum Gasteiger partial charge on any atom is -0.381 e. The fourth-order valence-corrected chi connectivity index (χ4v) is 5.39. The molecule has 1 fully saturated rings. The van der Waals surface area contributed by atoms with Gasteiger partial charge in [0.05, 0.1) is 12.3 Å². The number of ether oxygens (including phenoxy) is 1. The summed E-state index contributed by atoms with van der Waals surface area (Å²) in [4.78, 5) is 27.4. The summed E-state index contributed by atoms with van der Waals surface area (Å²) in [6.07, 6.45) is 0.954. The molecule has 1 unspecified atom stereocenters. The van der Waals surface area contributed by atoms with Crippen molar-refractivity contribution in [2.75, 3.05) is 57.2 Å². The van der Waals surface area contributed by atoms with Crippen molar-refractivity contribution in [3.05, 3.63) is 71.4 Å².